The van der Waals surface area contributed by atoms with Gasteiger partial charge in [0, 0.05) is 35.8 Å². The maximum absolute atomic E-state index is 14.2. The molecule has 176 valence electrons. The molecule has 0 aliphatic heterocycles. The van der Waals surface area contributed by atoms with E-state index in [-0.39, 0.29) is 16.4 Å². The number of anilines is 1. The molecule has 0 saturated heterocycles. The van der Waals surface area contributed by atoms with Crippen LogP contribution in [0.2, 0.25) is 10.0 Å². The summed E-state index contributed by atoms with van der Waals surface area (Å²) in [5.74, 6) is -0.741. The third kappa shape index (κ3) is 4.72. The molecular formula is C25H23Cl2FN4O2. The number of nitrogens with one attached hydrogen (secondary N) is 1. The molecule has 0 aliphatic carbocycles. The Labute approximate surface area is 206 Å². The molecule has 0 radical (unpaired) electrons. The van der Waals surface area contributed by atoms with E-state index in [1.807, 2.05) is 24.5 Å². The summed E-state index contributed by atoms with van der Waals surface area (Å²) in [6.45, 7) is 4.97. The van der Waals surface area contributed by atoms with E-state index in [2.05, 4.69) is 15.3 Å². The van der Waals surface area contributed by atoms with Crippen LogP contribution in [0.25, 0.3) is 22.2 Å². The van der Waals surface area contributed by atoms with Crippen molar-refractivity contribution in [3.05, 3.63) is 75.4 Å². The molecule has 0 spiro atoms. The van der Waals surface area contributed by atoms with Crippen LogP contribution in [0.3, 0.4) is 0 Å². The Kier molecular flexibility index (Phi) is 7.05. The standard InChI is InChI=1S/C25H23Cl2FN4O2/c1-3-4-15-10-16(11-19(27)23(15)25(33)34)21-12-22(31-13-30-21)29-7-8-32-14(2)9-17-20(28)6-5-18(26)24(17)32/h5-6,9-13H,3-4,7-8H2,1-2H3,(H,33,34)(H,29,30,31). The lowest BCUT2D eigenvalue weighted by Gasteiger charge is -2.13. The van der Waals surface area contributed by atoms with E-state index in [1.54, 1.807) is 24.3 Å². The van der Waals surface area contributed by atoms with Crippen LogP contribution in [0.5, 0.6) is 0 Å². The van der Waals surface area contributed by atoms with Crippen molar-refractivity contribution in [3.8, 4) is 11.3 Å². The minimum Gasteiger partial charge on any atom is -0.478 e. The lowest BCUT2D eigenvalue weighted by atomic mass is 9.98. The van der Waals surface area contributed by atoms with Crippen LogP contribution in [0.4, 0.5) is 10.2 Å². The van der Waals surface area contributed by atoms with Gasteiger partial charge in [0.05, 0.1) is 26.8 Å². The minimum atomic E-state index is -1.04. The van der Waals surface area contributed by atoms with Crippen molar-refractivity contribution in [1.29, 1.82) is 0 Å². The number of aromatic nitrogens is 3. The molecule has 2 aromatic heterocycles. The van der Waals surface area contributed by atoms with Crippen molar-refractivity contribution in [3.63, 3.8) is 0 Å². The smallest absolute Gasteiger partial charge is 0.337 e. The van der Waals surface area contributed by atoms with Crippen LogP contribution in [0, 0.1) is 12.7 Å². The molecule has 6 nitrogen and oxygen atoms in total. The van der Waals surface area contributed by atoms with Crippen LogP contribution in [0.1, 0.15) is 35.0 Å². The van der Waals surface area contributed by atoms with E-state index in [4.69, 9.17) is 23.2 Å². The van der Waals surface area contributed by atoms with E-state index in [0.717, 1.165) is 17.7 Å². The highest BCUT2D eigenvalue weighted by atomic mass is 35.5. The van der Waals surface area contributed by atoms with E-state index in [9.17, 15) is 14.3 Å². The third-order valence-corrected chi connectivity index (χ3v) is 6.28. The number of carbonyl (C=O) groups is 1. The van der Waals surface area contributed by atoms with Gasteiger partial charge in [0.25, 0.3) is 0 Å². The van der Waals surface area contributed by atoms with Gasteiger partial charge < -0.3 is 15.0 Å². The second-order valence-electron chi connectivity index (χ2n) is 7.99. The number of halogens is 3. The van der Waals surface area contributed by atoms with E-state index >= 15 is 0 Å². The summed E-state index contributed by atoms with van der Waals surface area (Å²) in [6, 6.07) is 9.94. The summed E-state index contributed by atoms with van der Waals surface area (Å²) >= 11 is 12.6. The van der Waals surface area contributed by atoms with Gasteiger partial charge in [-0.2, -0.15) is 0 Å². The Hall–Kier alpha value is -3.16. The number of hydrogen-bond donors (Lipinski definition) is 2. The van der Waals surface area contributed by atoms with Crippen molar-refractivity contribution in [1.82, 2.24) is 14.5 Å². The van der Waals surface area contributed by atoms with E-state index in [1.165, 1.54) is 12.4 Å². The van der Waals surface area contributed by atoms with E-state index < -0.39 is 5.97 Å². The topological polar surface area (TPSA) is 80.0 Å². The zero-order chi connectivity index (χ0) is 24.4. The molecule has 34 heavy (non-hydrogen) atoms. The van der Waals surface area contributed by atoms with Gasteiger partial charge in [-0.25, -0.2) is 19.2 Å². The predicted octanol–water partition coefficient (Wildman–Crippen LogP) is 6.62. The molecule has 0 amide bonds. The monoisotopic (exact) mass is 500 g/mol. The van der Waals surface area contributed by atoms with Gasteiger partial charge in [0.1, 0.15) is 18.0 Å². The van der Waals surface area contributed by atoms with Crippen LogP contribution >= 0.6 is 23.2 Å². The average Bonchev–Trinajstić information content (AvgIpc) is 3.13. The quantitative estimate of drug-likeness (QED) is 0.284. The normalized spacial score (nSPS) is 11.2. The number of nitrogens with zero attached hydrogens (tertiary/aromatic N) is 3. The summed E-state index contributed by atoms with van der Waals surface area (Å²) in [5.41, 5.74) is 3.72. The molecule has 4 rings (SSSR count). The Balaban J connectivity index is 1.56. The number of rotatable bonds is 8. The third-order valence-electron chi connectivity index (χ3n) is 5.67. The van der Waals surface area contributed by atoms with E-state index in [0.29, 0.717) is 52.5 Å². The van der Waals surface area contributed by atoms with Gasteiger partial charge in [0.15, 0.2) is 0 Å². The molecule has 2 aromatic carbocycles. The molecular weight excluding hydrogens is 478 g/mol. The fourth-order valence-electron chi connectivity index (χ4n) is 4.14. The Morgan fingerprint density at radius 2 is 1.94 bits per heavy atom. The van der Waals surface area contributed by atoms with Crippen molar-refractivity contribution < 1.29 is 14.3 Å². The Bertz CT molecular complexity index is 1390. The van der Waals surface area contributed by atoms with Crippen LogP contribution in [-0.2, 0) is 13.0 Å². The molecule has 0 unspecified atom stereocenters. The SMILES string of the molecule is CCCc1cc(-c2cc(NCCn3c(C)cc4c(F)ccc(Cl)c43)ncn2)cc(Cl)c1C(=O)O. The van der Waals surface area contributed by atoms with Crippen molar-refractivity contribution in [2.24, 2.45) is 0 Å². The summed E-state index contributed by atoms with van der Waals surface area (Å²) < 4.78 is 16.1. The molecule has 9 heteroatoms. The first-order chi connectivity index (χ1) is 16.3. The van der Waals surface area contributed by atoms with Gasteiger partial charge in [-0.05, 0) is 49.2 Å². The van der Waals surface area contributed by atoms with Crippen molar-refractivity contribution >= 4 is 45.9 Å². The van der Waals surface area contributed by atoms with Crippen LogP contribution in [-0.4, -0.2) is 32.2 Å². The zero-order valence-corrected chi connectivity index (χ0v) is 20.2. The fourth-order valence-corrected chi connectivity index (χ4v) is 4.73. The molecule has 0 bridgehead atoms. The maximum Gasteiger partial charge on any atom is 0.337 e. The molecule has 0 fully saturated rings. The number of benzene rings is 2. The number of aryl methyl sites for hydroxylation is 2. The first kappa shape index (κ1) is 24.0. The number of carboxylic acids is 1. The minimum absolute atomic E-state index is 0.129. The lowest BCUT2D eigenvalue weighted by molar-refractivity contribution is 0.0696. The molecule has 0 saturated carbocycles. The summed E-state index contributed by atoms with van der Waals surface area (Å²) in [4.78, 5) is 20.3. The molecule has 0 atom stereocenters. The molecule has 2 heterocycles. The van der Waals surface area contributed by atoms with Gasteiger partial charge >= 0.3 is 5.97 Å². The maximum atomic E-state index is 14.2. The van der Waals surface area contributed by atoms with Crippen LogP contribution in [0.15, 0.2) is 42.7 Å². The number of hydrogen-bond acceptors (Lipinski definition) is 4. The largest absolute Gasteiger partial charge is 0.478 e. The highest BCUT2D eigenvalue weighted by molar-refractivity contribution is 6.35. The van der Waals surface area contributed by atoms with Gasteiger partial charge in [-0.1, -0.05) is 36.5 Å². The first-order valence-electron chi connectivity index (χ1n) is 10.9. The zero-order valence-electron chi connectivity index (χ0n) is 18.7. The Morgan fingerprint density at radius 3 is 2.68 bits per heavy atom. The number of fused-ring (bicyclic) bond motifs is 1. The summed E-state index contributed by atoms with van der Waals surface area (Å²) in [6.07, 6.45) is 2.83. The second-order valence-corrected chi connectivity index (χ2v) is 8.81. The fraction of sp³-hybridized carbons (Fsp3) is 0.240. The lowest BCUT2D eigenvalue weighted by Crippen LogP contribution is -2.12. The first-order valence-corrected chi connectivity index (χ1v) is 11.6. The Morgan fingerprint density at radius 1 is 1.15 bits per heavy atom. The molecule has 2 N–H and O–H groups in total. The second kappa shape index (κ2) is 9.99. The van der Waals surface area contributed by atoms with Gasteiger partial charge in [-0.15, -0.1) is 0 Å². The average molecular weight is 501 g/mol. The highest BCUT2D eigenvalue weighted by Gasteiger charge is 2.17. The highest BCUT2D eigenvalue weighted by Crippen LogP contribution is 2.31. The molecule has 0 aliphatic rings. The van der Waals surface area contributed by atoms with Gasteiger partial charge in [-0.3, -0.25) is 0 Å². The predicted molar refractivity (Wildman–Crippen MR) is 134 cm³/mol. The summed E-state index contributed by atoms with van der Waals surface area (Å²) in [5, 5.41) is 14.0. The number of aromatic carboxylic acids is 1. The van der Waals surface area contributed by atoms with Gasteiger partial charge in [0.2, 0.25) is 0 Å². The molecule has 4 aromatic rings. The number of carboxylic acid groups (broad SMARTS) is 1. The van der Waals surface area contributed by atoms with Crippen LogP contribution < -0.4 is 5.32 Å². The summed E-state index contributed by atoms with van der Waals surface area (Å²) in [7, 11) is 0. The van der Waals surface area contributed by atoms with Crippen molar-refractivity contribution in [2.45, 2.75) is 33.2 Å². The van der Waals surface area contributed by atoms with Crippen molar-refractivity contribution in [2.75, 3.05) is 11.9 Å².